The van der Waals surface area contributed by atoms with E-state index >= 15 is 0 Å². The number of anilines is 1. The smallest absolute Gasteiger partial charge is 0.213 e. The number of nitrogens with zero attached hydrogens (tertiary/aromatic N) is 3. The summed E-state index contributed by atoms with van der Waals surface area (Å²) in [5.74, 6) is 0.682. The summed E-state index contributed by atoms with van der Waals surface area (Å²) in [6.45, 7) is 0.728. The van der Waals surface area contributed by atoms with Gasteiger partial charge in [0.1, 0.15) is 0 Å². The Morgan fingerprint density at radius 2 is 2.12 bits per heavy atom. The Labute approximate surface area is 92.7 Å². The first-order chi connectivity index (χ1) is 7.88. The maximum Gasteiger partial charge on any atom is 0.213 e. The SMILES string of the molecule is N#Cc1ccc(NCCc2ncon2)cc1. The van der Waals surface area contributed by atoms with Crippen LogP contribution in [0.25, 0.3) is 0 Å². The zero-order chi connectivity index (χ0) is 11.2. The van der Waals surface area contributed by atoms with Gasteiger partial charge in [0.25, 0.3) is 0 Å². The number of aromatic nitrogens is 2. The Morgan fingerprint density at radius 3 is 2.75 bits per heavy atom. The molecule has 0 spiro atoms. The van der Waals surface area contributed by atoms with Crippen LogP contribution in [0, 0.1) is 11.3 Å². The topological polar surface area (TPSA) is 74.7 Å². The monoisotopic (exact) mass is 214 g/mol. The molecule has 1 aromatic carbocycles. The van der Waals surface area contributed by atoms with Crippen LogP contribution in [0.1, 0.15) is 11.4 Å². The number of rotatable bonds is 4. The van der Waals surface area contributed by atoms with Gasteiger partial charge in [-0.25, -0.2) is 0 Å². The lowest BCUT2D eigenvalue weighted by atomic mass is 10.2. The lowest BCUT2D eigenvalue weighted by Gasteiger charge is -2.03. The van der Waals surface area contributed by atoms with Crippen LogP contribution < -0.4 is 5.32 Å². The van der Waals surface area contributed by atoms with Gasteiger partial charge in [0.05, 0.1) is 11.6 Å². The zero-order valence-corrected chi connectivity index (χ0v) is 8.55. The summed E-state index contributed by atoms with van der Waals surface area (Å²) in [6.07, 6.45) is 2.02. The van der Waals surface area contributed by atoms with Gasteiger partial charge in [0.15, 0.2) is 5.82 Å². The quantitative estimate of drug-likeness (QED) is 0.836. The molecule has 0 bridgehead atoms. The van der Waals surface area contributed by atoms with Crippen LogP contribution in [0.5, 0.6) is 0 Å². The Morgan fingerprint density at radius 1 is 1.31 bits per heavy atom. The molecule has 0 aliphatic rings. The van der Waals surface area contributed by atoms with Crippen molar-refractivity contribution in [2.75, 3.05) is 11.9 Å². The van der Waals surface area contributed by atoms with Crippen LogP contribution in [0.2, 0.25) is 0 Å². The van der Waals surface area contributed by atoms with Gasteiger partial charge in [0.2, 0.25) is 6.39 Å². The van der Waals surface area contributed by atoms with Crippen molar-refractivity contribution in [1.82, 2.24) is 10.1 Å². The first-order valence-electron chi connectivity index (χ1n) is 4.88. The van der Waals surface area contributed by atoms with Gasteiger partial charge in [-0.1, -0.05) is 5.16 Å². The van der Waals surface area contributed by atoms with Gasteiger partial charge in [-0.3, -0.25) is 0 Å². The van der Waals surface area contributed by atoms with Gasteiger partial charge in [-0.2, -0.15) is 10.2 Å². The molecule has 0 amide bonds. The van der Waals surface area contributed by atoms with Crippen molar-refractivity contribution in [3.05, 3.63) is 42.0 Å². The summed E-state index contributed by atoms with van der Waals surface area (Å²) in [5, 5.41) is 15.5. The zero-order valence-electron chi connectivity index (χ0n) is 8.55. The number of hydrogen-bond acceptors (Lipinski definition) is 5. The molecule has 1 heterocycles. The van der Waals surface area contributed by atoms with E-state index in [4.69, 9.17) is 5.26 Å². The van der Waals surface area contributed by atoms with Gasteiger partial charge >= 0.3 is 0 Å². The fraction of sp³-hybridized carbons (Fsp3) is 0.182. The lowest BCUT2D eigenvalue weighted by molar-refractivity contribution is 0.410. The highest BCUT2D eigenvalue weighted by molar-refractivity contribution is 5.47. The van der Waals surface area contributed by atoms with E-state index in [9.17, 15) is 0 Å². The molecule has 5 nitrogen and oxygen atoms in total. The van der Waals surface area contributed by atoms with Crippen molar-refractivity contribution in [1.29, 1.82) is 5.26 Å². The van der Waals surface area contributed by atoms with Crippen molar-refractivity contribution in [2.45, 2.75) is 6.42 Å². The molecule has 0 aliphatic heterocycles. The predicted octanol–water partition coefficient (Wildman–Crippen LogP) is 1.60. The Kier molecular flexibility index (Phi) is 3.14. The van der Waals surface area contributed by atoms with Gasteiger partial charge < -0.3 is 9.84 Å². The first-order valence-corrected chi connectivity index (χ1v) is 4.88. The van der Waals surface area contributed by atoms with E-state index < -0.39 is 0 Å². The molecule has 2 aromatic rings. The van der Waals surface area contributed by atoms with E-state index in [0.29, 0.717) is 17.8 Å². The van der Waals surface area contributed by atoms with Crippen molar-refractivity contribution in [3.63, 3.8) is 0 Å². The number of benzene rings is 1. The highest BCUT2D eigenvalue weighted by Crippen LogP contribution is 2.08. The molecule has 2 rings (SSSR count). The normalized spacial score (nSPS) is 9.69. The van der Waals surface area contributed by atoms with E-state index in [1.165, 1.54) is 6.39 Å². The Bertz CT molecular complexity index is 470. The molecule has 0 radical (unpaired) electrons. The average molecular weight is 214 g/mol. The van der Waals surface area contributed by atoms with E-state index in [2.05, 4.69) is 26.0 Å². The fourth-order valence-electron chi connectivity index (χ4n) is 1.28. The minimum Gasteiger partial charge on any atom is -0.385 e. The van der Waals surface area contributed by atoms with E-state index in [-0.39, 0.29) is 0 Å². The third-order valence-corrected chi connectivity index (χ3v) is 2.10. The molecule has 0 fully saturated rings. The van der Waals surface area contributed by atoms with Crippen LogP contribution >= 0.6 is 0 Å². The summed E-state index contributed by atoms with van der Waals surface area (Å²) in [6, 6.07) is 9.36. The second kappa shape index (κ2) is 4.94. The minimum absolute atomic E-state index is 0.656. The largest absolute Gasteiger partial charge is 0.385 e. The van der Waals surface area contributed by atoms with E-state index in [1.807, 2.05) is 12.1 Å². The standard InChI is InChI=1S/C11H10N4O/c12-7-9-1-3-10(4-2-9)13-6-5-11-14-8-16-15-11/h1-4,8,13H,5-6H2. The second-order valence-electron chi connectivity index (χ2n) is 3.21. The Balaban J connectivity index is 1.83. The minimum atomic E-state index is 0.656. The maximum atomic E-state index is 8.63. The molecule has 80 valence electrons. The second-order valence-corrected chi connectivity index (χ2v) is 3.21. The van der Waals surface area contributed by atoms with Gasteiger partial charge in [-0.15, -0.1) is 0 Å². The molecule has 0 atom stereocenters. The molecule has 16 heavy (non-hydrogen) atoms. The molecule has 0 unspecified atom stereocenters. The fourth-order valence-corrected chi connectivity index (χ4v) is 1.28. The molecule has 0 saturated heterocycles. The number of nitriles is 1. The van der Waals surface area contributed by atoms with Gasteiger partial charge in [0, 0.05) is 18.7 Å². The summed E-state index contributed by atoms with van der Waals surface area (Å²) in [7, 11) is 0. The van der Waals surface area contributed by atoms with E-state index in [1.54, 1.807) is 12.1 Å². The molecular formula is C11H10N4O. The number of hydrogen-bond donors (Lipinski definition) is 1. The summed E-state index contributed by atoms with van der Waals surface area (Å²) >= 11 is 0. The maximum absolute atomic E-state index is 8.63. The van der Waals surface area contributed by atoms with Crippen LogP contribution in [0.15, 0.2) is 35.2 Å². The molecule has 0 aliphatic carbocycles. The summed E-state index contributed by atoms with van der Waals surface area (Å²) in [4.78, 5) is 3.91. The van der Waals surface area contributed by atoms with E-state index in [0.717, 1.165) is 12.2 Å². The van der Waals surface area contributed by atoms with Crippen molar-refractivity contribution in [2.24, 2.45) is 0 Å². The highest BCUT2D eigenvalue weighted by Gasteiger charge is 1.98. The number of nitrogens with one attached hydrogen (secondary N) is 1. The highest BCUT2D eigenvalue weighted by atomic mass is 16.5. The summed E-state index contributed by atoms with van der Waals surface area (Å²) < 4.78 is 4.62. The van der Waals surface area contributed by atoms with Crippen molar-refractivity contribution >= 4 is 5.69 Å². The van der Waals surface area contributed by atoms with Crippen LogP contribution in [0.3, 0.4) is 0 Å². The third-order valence-electron chi connectivity index (χ3n) is 2.10. The predicted molar refractivity (Wildman–Crippen MR) is 57.6 cm³/mol. The van der Waals surface area contributed by atoms with Crippen LogP contribution in [-0.2, 0) is 6.42 Å². The van der Waals surface area contributed by atoms with Crippen LogP contribution in [-0.4, -0.2) is 16.7 Å². The van der Waals surface area contributed by atoms with Crippen molar-refractivity contribution < 1.29 is 4.52 Å². The molecule has 1 N–H and O–H groups in total. The summed E-state index contributed by atoms with van der Waals surface area (Å²) in [5.41, 5.74) is 1.63. The molecule has 1 aromatic heterocycles. The molecule has 0 saturated carbocycles. The van der Waals surface area contributed by atoms with Crippen LogP contribution in [0.4, 0.5) is 5.69 Å². The van der Waals surface area contributed by atoms with Crippen molar-refractivity contribution in [3.8, 4) is 6.07 Å². The van der Waals surface area contributed by atoms with Gasteiger partial charge in [-0.05, 0) is 24.3 Å². The first kappa shape index (κ1) is 10.2. The molecule has 5 heteroatoms. The lowest BCUT2D eigenvalue weighted by Crippen LogP contribution is -2.05. The average Bonchev–Trinajstić information content (AvgIpc) is 2.83. The Hall–Kier alpha value is -2.35. The molecular weight excluding hydrogens is 204 g/mol. The third kappa shape index (κ3) is 2.58.